The van der Waals surface area contributed by atoms with Crippen LogP contribution < -0.4 is 0 Å². The fourth-order valence-corrected chi connectivity index (χ4v) is 6.69. The quantitative estimate of drug-likeness (QED) is 0.274. The molecule has 0 amide bonds. The molecule has 6 rings (SSSR count). The van der Waals surface area contributed by atoms with Gasteiger partial charge in [0.2, 0.25) is 0 Å². The first-order valence-electron chi connectivity index (χ1n) is 9.32. The molecule has 0 radical (unpaired) electrons. The van der Waals surface area contributed by atoms with Gasteiger partial charge < -0.3 is 4.74 Å². The van der Waals surface area contributed by atoms with E-state index in [1.54, 1.807) is 0 Å². The van der Waals surface area contributed by atoms with E-state index in [9.17, 15) is 9.59 Å². The SMILES string of the molecule is C.O=C1C2CCC3CCC1C32.O=C1OC2CCC3CCC1C32.[I][V][I]. The molecule has 6 fully saturated rings. The zero-order chi connectivity index (χ0) is 16.8. The Hall–Kier alpha value is 1.18. The second kappa shape index (κ2) is 8.68. The maximum atomic E-state index is 11.3. The summed E-state index contributed by atoms with van der Waals surface area (Å²) in [5.41, 5.74) is 0. The molecule has 5 aliphatic carbocycles. The van der Waals surface area contributed by atoms with Crippen LogP contribution in [0.1, 0.15) is 58.8 Å². The molecule has 141 valence electrons. The van der Waals surface area contributed by atoms with Gasteiger partial charge in [-0.2, -0.15) is 0 Å². The molecule has 6 heteroatoms. The average Bonchev–Trinajstić information content (AvgIpc) is 3.29. The predicted octanol–water partition coefficient (Wildman–Crippen LogP) is 5.37. The van der Waals surface area contributed by atoms with Gasteiger partial charge >= 0.3 is 55.4 Å². The molecule has 25 heavy (non-hydrogen) atoms. The summed E-state index contributed by atoms with van der Waals surface area (Å²) in [7, 11) is 0.628. The van der Waals surface area contributed by atoms with Crippen molar-refractivity contribution < 1.29 is 23.8 Å². The Bertz CT molecular complexity index is 511. The number of rotatable bonds is 0. The number of halogens is 2. The van der Waals surface area contributed by atoms with E-state index < -0.39 is 0 Å². The molecule has 6 atom stereocenters. The molecule has 3 nitrogen and oxygen atoms in total. The van der Waals surface area contributed by atoms with Gasteiger partial charge in [-0.1, -0.05) is 7.43 Å². The van der Waals surface area contributed by atoms with Gasteiger partial charge in [-0.15, -0.1) is 0 Å². The zero-order valence-electron chi connectivity index (χ0n) is 13.7. The van der Waals surface area contributed by atoms with Crippen LogP contribution >= 0.6 is 40.0 Å². The standard InChI is InChI=1S/C9H12O2.C9H12O.CH4.2HI.V/c10-9-6-3-1-5-2-4-7(11-9)8(5)6;10-9-6-3-1-5-2-4-7(9)8(5)6;;;;/h5-8H,1-4H2;5-8H,1-4H2;1H4;2*1H;/q;;;;;+2/p-2. The third-order valence-corrected chi connectivity index (χ3v) is 7.58. The Morgan fingerprint density at radius 2 is 1.24 bits per heavy atom. The van der Waals surface area contributed by atoms with E-state index >= 15 is 0 Å². The van der Waals surface area contributed by atoms with Crippen LogP contribution in [0.15, 0.2) is 0 Å². The Kier molecular flexibility index (Phi) is 7.26. The number of carbonyl (C=O) groups excluding carboxylic acids is 2. The van der Waals surface area contributed by atoms with Gasteiger partial charge in [-0.25, -0.2) is 0 Å². The zero-order valence-corrected chi connectivity index (χ0v) is 19.4. The van der Waals surface area contributed by atoms with Crippen LogP contribution in [0.2, 0.25) is 0 Å². The van der Waals surface area contributed by atoms with Gasteiger partial charge in [0, 0.05) is 17.8 Å². The normalized spacial score (nSPS) is 46.5. The van der Waals surface area contributed by atoms with Crippen LogP contribution in [-0.2, 0) is 23.8 Å². The van der Waals surface area contributed by atoms with Gasteiger partial charge in [0.05, 0.1) is 5.92 Å². The van der Waals surface area contributed by atoms with Crippen molar-refractivity contribution in [1.29, 1.82) is 0 Å². The summed E-state index contributed by atoms with van der Waals surface area (Å²) in [4.78, 5) is 22.5. The average molecular weight is 609 g/mol. The van der Waals surface area contributed by atoms with Crippen molar-refractivity contribution in [3.8, 4) is 0 Å². The molecular formula is C19H28I2O3V. The predicted molar refractivity (Wildman–Crippen MR) is 111 cm³/mol. The number of esters is 1. The molecule has 6 aliphatic rings. The first-order valence-corrected chi connectivity index (χ1v) is 18.3. The summed E-state index contributed by atoms with van der Waals surface area (Å²) in [5, 5.41) is 0. The molecule has 1 heterocycles. The first-order chi connectivity index (χ1) is 11.7. The van der Waals surface area contributed by atoms with Crippen molar-refractivity contribution in [3.63, 3.8) is 0 Å². The van der Waals surface area contributed by atoms with Crippen LogP contribution in [0.4, 0.5) is 0 Å². The van der Waals surface area contributed by atoms with E-state index in [0.717, 1.165) is 30.6 Å². The summed E-state index contributed by atoms with van der Waals surface area (Å²) in [5.74, 6) is 5.38. The molecule has 0 aromatic carbocycles. The summed E-state index contributed by atoms with van der Waals surface area (Å²) in [6.07, 6.45) is 10.3. The fourth-order valence-electron chi connectivity index (χ4n) is 6.69. The number of Topliss-reactive ketones (excluding diaryl/α,β-unsaturated/α-hetero) is 1. The minimum atomic E-state index is 0. The number of ketones is 1. The summed E-state index contributed by atoms with van der Waals surface area (Å²) in [6.45, 7) is 0. The van der Waals surface area contributed by atoms with E-state index in [4.69, 9.17) is 4.74 Å². The molecule has 6 unspecified atom stereocenters. The maximum absolute atomic E-state index is 11.3. The van der Waals surface area contributed by atoms with Crippen LogP contribution in [0.5, 0.6) is 0 Å². The van der Waals surface area contributed by atoms with E-state index in [0.29, 0.717) is 45.0 Å². The second-order valence-electron chi connectivity index (χ2n) is 8.25. The Balaban J connectivity index is 0.000000123. The summed E-state index contributed by atoms with van der Waals surface area (Å²) in [6, 6.07) is 0. The van der Waals surface area contributed by atoms with Gasteiger partial charge in [-0.3, -0.25) is 9.59 Å². The van der Waals surface area contributed by atoms with Crippen LogP contribution in [-0.4, -0.2) is 17.9 Å². The summed E-state index contributed by atoms with van der Waals surface area (Å²) < 4.78 is 5.28. The van der Waals surface area contributed by atoms with E-state index in [2.05, 4.69) is 40.0 Å². The molecule has 0 N–H and O–H groups in total. The van der Waals surface area contributed by atoms with Crippen molar-refractivity contribution >= 4 is 51.7 Å². The van der Waals surface area contributed by atoms with Crippen LogP contribution in [0.25, 0.3) is 0 Å². The van der Waals surface area contributed by atoms with Gasteiger partial charge in [0.15, 0.2) is 0 Å². The van der Waals surface area contributed by atoms with Gasteiger partial charge in [-0.05, 0) is 69.1 Å². The van der Waals surface area contributed by atoms with E-state index in [1.807, 2.05) is 0 Å². The van der Waals surface area contributed by atoms with E-state index in [-0.39, 0.29) is 13.4 Å². The molecule has 0 bridgehead atoms. The molecular weight excluding hydrogens is 581 g/mol. The molecule has 0 aromatic heterocycles. The van der Waals surface area contributed by atoms with Gasteiger partial charge in [0.25, 0.3) is 0 Å². The number of carbonyl (C=O) groups is 2. The minimum absolute atomic E-state index is 0. The Labute approximate surface area is 180 Å². The topological polar surface area (TPSA) is 43.4 Å². The van der Waals surface area contributed by atoms with Crippen LogP contribution in [0, 0.1) is 41.4 Å². The van der Waals surface area contributed by atoms with Crippen molar-refractivity contribution in [2.75, 3.05) is 0 Å². The molecule has 5 saturated carbocycles. The molecule has 1 aliphatic heterocycles. The number of ether oxygens (including phenoxy) is 1. The number of hydrogen-bond acceptors (Lipinski definition) is 3. The van der Waals surface area contributed by atoms with E-state index in [1.165, 1.54) is 38.5 Å². The summed E-state index contributed by atoms with van der Waals surface area (Å²) >= 11 is 4.74. The third-order valence-electron chi connectivity index (χ3n) is 7.58. The van der Waals surface area contributed by atoms with Crippen molar-refractivity contribution in [2.24, 2.45) is 41.4 Å². The number of hydrogen-bond donors (Lipinski definition) is 0. The Morgan fingerprint density at radius 1 is 0.760 bits per heavy atom. The fraction of sp³-hybridized carbons (Fsp3) is 0.895. The molecule has 0 aromatic rings. The van der Waals surface area contributed by atoms with Crippen molar-refractivity contribution in [2.45, 2.75) is 64.9 Å². The third kappa shape index (κ3) is 3.62. The van der Waals surface area contributed by atoms with Crippen molar-refractivity contribution in [1.82, 2.24) is 0 Å². The molecule has 1 saturated heterocycles. The van der Waals surface area contributed by atoms with Crippen LogP contribution in [0.3, 0.4) is 0 Å². The molecule has 0 spiro atoms. The van der Waals surface area contributed by atoms with Crippen molar-refractivity contribution in [3.05, 3.63) is 0 Å². The first kappa shape index (κ1) is 20.9. The Morgan fingerprint density at radius 3 is 1.84 bits per heavy atom. The second-order valence-corrected chi connectivity index (χ2v) is 20.0. The monoisotopic (exact) mass is 609 g/mol. The van der Waals surface area contributed by atoms with Gasteiger partial charge in [0.1, 0.15) is 11.9 Å².